The standard InChI is InChI=1S/C29H31NO6/c1-21(31)19-35-26-15-8-22(9-16-26)12-17-28(32)30-27(18-23-10-13-25(34-2)14-11-23)29(33)36-20-24-6-4-3-5-7-24/h3-11,13-16,27H,12,17-20H2,1-2H3,(H,30,32). The minimum Gasteiger partial charge on any atom is -0.497 e. The number of nitrogens with one attached hydrogen (secondary N) is 1. The lowest BCUT2D eigenvalue weighted by molar-refractivity contribution is -0.149. The maximum absolute atomic E-state index is 12.9. The molecule has 188 valence electrons. The van der Waals surface area contributed by atoms with Crippen LogP contribution in [0.1, 0.15) is 30.0 Å². The van der Waals surface area contributed by atoms with Crippen LogP contribution in [0, 0.1) is 0 Å². The number of rotatable bonds is 13. The Morgan fingerprint density at radius 1 is 0.806 bits per heavy atom. The molecule has 1 unspecified atom stereocenters. The van der Waals surface area contributed by atoms with Gasteiger partial charge in [0.2, 0.25) is 5.91 Å². The molecule has 0 saturated heterocycles. The van der Waals surface area contributed by atoms with Crippen LogP contribution in [-0.2, 0) is 38.6 Å². The Hall–Kier alpha value is -4.13. The molecule has 0 bridgehead atoms. The van der Waals surface area contributed by atoms with Crippen LogP contribution in [0.3, 0.4) is 0 Å². The van der Waals surface area contributed by atoms with Gasteiger partial charge in [-0.05, 0) is 54.3 Å². The average molecular weight is 490 g/mol. The van der Waals surface area contributed by atoms with Gasteiger partial charge in [0, 0.05) is 12.8 Å². The van der Waals surface area contributed by atoms with Crippen LogP contribution in [0.4, 0.5) is 0 Å². The Morgan fingerprint density at radius 2 is 1.44 bits per heavy atom. The molecular weight excluding hydrogens is 458 g/mol. The fourth-order valence-electron chi connectivity index (χ4n) is 3.48. The number of ether oxygens (including phenoxy) is 3. The van der Waals surface area contributed by atoms with Crippen LogP contribution in [0.15, 0.2) is 78.9 Å². The van der Waals surface area contributed by atoms with Crippen molar-refractivity contribution in [3.63, 3.8) is 0 Å². The van der Waals surface area contributed by atoms with Gasteiger partial charge in [-0.3, -0.25) is 9.59 Å². The van der Waals surface area contributed by atoms with Gasteiger partial charge in [-0.1, -0.05) is 54.6 Å². The fourth-order valence-corrected chi connectivity index (χ4v) is 3.48. The molecule has 0 aliphatic carbocycles. The van der Waals surface area contributed by atoms with E-state index in [0.29, 0.717) is 24.3 Å². The van der Waals surface area contributed by atoms with Crippen LogP contribution < -0.4 is 14.8 Å². The first-order valence-corrected chi connectivity index (χ1v) is 11.8. The van der Waals surface area contributed by atoms with Crippen LogP contribution in [0.5, 0.6) is 11.5 Å². The van der Waals surface area contributed by atoms with Crippen molar-refractivity contribution in [2.45, 2.75) is 38.8 Å². The molecule has 0 heterocycles. The lowest BCUT2D eigenvalue weighted by atomic mass is 10.0. The topological polar surface area (TPSA) is 90.9 Å². The monoisotopic (exact) mass is 489 g/mol. The first-order valence-electron chi connectivity index (χ1n) is 11.8. The highest BCUT2D eigenvalue weighted by molar-refractivity contribution is 5.84. The highest BCUT2D eigenvalue weighted by atomic mass is 16.5. The molecule has 0 spiro atoms. The molecule has 1 amide bonds. The molecule has 0 aliphatic heterocycles. The summed E-state index contributed by atoms with van der Waals surface area (Å²) in [7, 11) is 1.59. The van der Waals surface area contributed by atoms with Gasteiger partial charge in [0.05, 0.1) is 7.11 Å². The van der Waals surface area contributed by atoms with Gasteiger partial charge in [0.25, 0.3) is 0 Å². The van der Waals surface area contributed by atoms with Gasteiger partial charge in [-0.15, -0.1) is 0 Å². The van der Waals surface area contributed by atoms with Crippen molar-refractivity contribution >= 4 is 17.7 Å². The molecular formula is C29H31NO6. The smallest absolute Gasteiger partial charge is 0.329 e. The predicted molar refractivity (Wildman–Crippen MR) is 136 cm³/mol. The first-order chi connectivity index (χ1) is 17.4. The lowest BCUT2D eigenvalue weighted by Crippen LogP contribution is -2.43. The molecule has 0 aliphatic rings. The molecule has 0 radical (unpaired) electrons. The van der Waals surface area contributed by atoms with E-state index in [1.165, 1.54) is 6.92 Å². The average Bonchev–Trinajstić information content (AvgIpc) is 2.90. The summed E-state index contributed by atoms with van der Waals surface area (Å²) in [6.07, 6.45) is 0.997. The Bertz CT molecular complexity index is 1130. The highest BCUT2D eigenvalue weighted by Crippen LogP contribution is 2.15. The maximum Gasteiger partial charge on any atom is 0.329 e. The highest BCUT2D eigenvalue weighted by Gasteiger charge is 2.23. The summed E-state index contributed by atoms with van der Waals surface area (Å²) in [6.45, 7) is 1.62. The Balaban J connectivity index is 1.58. The van der Waals surface area contributed by atoms with E-state index in [2.05, 4.69) is 5.32 Å². The zero-order chi connectivity index (χ0) is 25.8. The molecule has 7 nitrogen and oxygen atoms in total. The van der Waals surface area contributed by atoms with Gasteiger partial charge in [-0.25, -0.2) is 4.79 Å². The number of ketones is 1. The zero-order valence-corrected chi connectivity index (χ0v) is 20.6. The van der Waals surface area contributed by atoms with Crippen molar-refractivity contribution in [1.82, 2.24) is 5.32 Å². The molecule has 36 heavy (non-hydrogen) atoms. The molecule has 1 N–H and O–H groups in total. The number of aryl methyl sites for hydroxylation is 1. The quantitative estimate of drug-likeness (QED) is 0.364. The van der Waals surface area contributed by atoms with Gasteiger partial charge < -0.3 is 19.5 Å². The lowest BCUT2D eigenvalue weighted by Gasteiger charge is -2.18. The Labute approximate surface area is 211 Å². The van der Waals surface area contributed by atoms with Crippen molar-refractivity contribution < 1.29 is 28.6 Å². The third-order valence-corrected chi connectivity index (χ3v) is 5.45. The number of amides is 1. The minimum atomic E-state index is -0.822. The van der Waals surface area contributed by atoms with E-state index in [0.717, 1.165) is 16.7 Å². The van der Waals surface area contributed by atoms with Crippen LogP contribution in [0.2, 0.25) is 0 Å². The second-order valence-electron chi connectivity index (χ2n) is 8.40. The van der Waals surface area contributed by atoms with Crippen molar-refractivity contribution in [1.29, 1.82) is 0 Å². The summed E-state index contributed by atoms with van der Waals surface area (Å²) >= 11 is 0. The van der Waals surface area contributed by atoms with Crippen molar-refractivity contribution in [2.24, 2.45) is 0 Å². The molecule has 0 saturated carbocycles. The summed E-state index contributed by atoms with van der Waals surface area (Å²) in [6, 6.07) is 23.2. The number of hydrogen-bond donors (Lipinski definition) is 1. The number of carbonyl (C=O) groups is 3. The van der Waals surface area contributed by atoms with E-state index in [-0.39, 0.29) is 31.3 Å². The Kier molecular flexibility index (Phi) is 10.1. The molecule has 3 aromatic carbocycles. The number of Topliss-reactive ketones (excluding diaryl/α,β-unsaturated/α-hetero) is 1. The van der Waals surface area contributed by atoms with E-state index in [9.17, 15) is 14.4 Å². The number of methoxy groups -OCH3 is 1. The van der Waals surface area contributed by atoms with Crippen molar-refractivity contribution in [2.75, 3.05) is 13.7 Å². The van der Waals surface area contributed by atoms with Crippen LogP contribution in [-0.4, -0.2) is 37.4 Å². The second kappa shape index (κ2) is 13.7. The molecule has 0 aromatic heterocycles. The fraction of sp³-hybridized carbons (Fsp3) is 0.276. The largest absolute Gasteiger partial charge is 0.497 e. The summed E-state index contributed by atoms with van der Waals surface area (Å²) in [5.74, 6) is 0.516. The third kappa shape index (κ3) is 8.91. The van der Waals surface area contributed by atoms with Gasteiger partial charge >= 0.3 is 5.97 Å². The summed E-state index contributed by atoms with van der Waals surface area (Å²) in [5, 5.41) is 2.84. The Morgan fingerprint density at radius 3 is 2.08 bits per heavy atom. The van der Waals surface area contributed by atoms with Crippen molar-refractivity contribution in [3.8, 4) is 11.5 Å². The molecule has 3 rings (SSSR count). The van der Waals surface area contributed by atoms with E-state index in [1.54, 1.807) is 19.2 Å². The van der Waals surface area contributed by atoms with Crippen LogP contribution in [0.25, 0.3) is 0 Å². The molecule has 0 fully saturated rings. The van der Waals surface area contributed by atoms with Gasteiger partial charge in [0.15, 0.2) is 5.78 Å². The van der Waals surface area contributed by atoms with Crippen LogP contribution >= 0.6 is 0 Å². The number of hydrogen-bond acceptors (Lipinski definition) is 6. The SMILES string of the molecule is COc1ccc(CC(NC(=O)CCc2ccc(OCC(C)=O)cc2)C(=O)OCc2ccccc2)cc1. The predicted octanol–water partition coefficient (Wildman–Crippen LogP) is 4.07. The van der Waals surface area contributed by atoms with E-state index < -0.39 is 12.0 Å². The molecule has 3 aromatic rings. The van der Waals surface area contributed by atoms with E-state index in [1.807, 2.05) is 66.7 Å². The normalized spacial score (nSPS) is 11.3. The first kappa shape index (κ1) is 26.5. The number of benzene rings is 3. The second-order valence-corrected chi connectivity index (χ2v) is 8.40. The third-order valence-electron chi connectivity index (χ3n) is 5.45. The van der Waals surface area contributed by atoms with E-state index >= 15 is 0 Å². The molecule has 7 heteroatoms. The van der Waals surface area contributed by atoms with Gasteiger partial charge in [-0.2, -0.15) is 0 Å². The number of carbonyl (C=O) groups excluding carboxylic acids is 3. The number of esters is 1. The zero-order valence-electron chi connectivity index (χ0n) is 20.6. The minimum absolute atomic E-state index is 0.0255. The summed E-state index contributed by atoms with van der Waals surface area (Å²) in [4.78, 5) is 36.7. The summed E-state index contributed by atoms with van der Waals surface area (Å²) < 4.78 is 16.1. The van der Waals surface area contributed by atoms with E-state index in [4.69, 9.17) is 14.2 Å². The van der Waals surface area contributed by atoms with Crippen molar-refractivity contribution in [3.05, 3.63) is 95.6 Å². The summed E-state index contributed by atoms with van der Waals surface area (Å²) in [5.41, 5.74) is 2.69. The molecule has 1 atom stereocenters. The van der Waals surface area contributed by atoms with Gasteiger partial charge in [0.1, 0.15) is 30.8 Å². The maximum atomic E-state index is 12.9.